The molecular formula is C18H21FN2. The summed E-state index contributed by atoms with van der Waals surface area (Å²) in [5.74, 6) is -0.170. The third kappa shape index (κ3) is 2.54. The van der Waals surface area contributed by atoms with Crippen LogP contribution in [0.25, 0.3) is 0 Å². The van der Waals surface area contributed by atoms with Crippen molar-refractivity contribution in [2.24, 2.45) is 5.73 Å². The first kappa shape index (κ1) is 14.1. The molecule has 0 aromatic heterocycles. The molecule has 2 unspecified atom stereocenters. The summed E-state index contributed by atoms with van der Waals surface area (Å²) in [6, 6.07) is 13.8. The molecule has 1 aliphatic heterocycles. The van der Waals surface area contributed by atoms with Crippen LogP contribution >= 0.6 is 0 Å². The molecule has 3 heteroatoms. The van der Waals surface area contributed by atoms with E-state index in [0.29, 0.717) is 12.1 Å². The number of rotatable bonds is 3. The lowest BCUT2D eigenvalue weighted by Crippen LogP contribution is -2.27. The molecule has 0 saturated heterocycles. The zero-order chi connectivity index (χ0) is 15.0. The van der Waals surface area contributed by atoms with Gasteiger partial charge < -0.3 is 10.6 Å². The molecule has 21 heavy (non-hydrogen) atoms. The van der Waals surface area contributed by atoms with Crippen molar-refractivity contribution >= 4 is 11.4 Å². The topological polar surface area (TPSA) is 29.3 Å². The first-order valence-electron chi connectivity index (χ1n) is 7.48. The molecule has 0 aliphatic carbocycles. The van der Waals surface area contributed by atoms with Crippen LogP contribution in [0.4, 0.5) is 15.8 Å². The van der Waals surface area contributed by atoms with E-state index in [1.807, 2.05) is 25.1 Å². The van der Waals surface area contributed by atoms with Crippen molar-refractivity contribution in [2.45, 2.75) is 38.8 Å². The largest absolute Gasteiger partial charge is 0.335 e. The van der Waals surface area contributed by atoms with E-state index in [9.17, 15) is 4.39 Å². The SMILES string of the molecule is CC(N)Cc1cccc(F)c1N1c2ccccc2CC1C. The number of halogens is 1. The number of para-hydroxylation sites is 2. The molecule has 0 saturated carbocycles. The minimum Gasteiger partial charge on any atom is -0.335 e. The van der Waals surface area contributed by atoms with Gasteiger partial charge in [-0.15, -0.1) is 0 Å². The highest BCUT2D eigenvalue weighted by Crippen LogP contribution is 2.41. The van der Waals surface area contributed by atoms with Crippen LogP contribution in [0.2, 0.25) is 0 Å². The summed E-state index contributed by atoms with van der Waals surface area (Å²) in [6.07, 6.45) is 1.63. The van der Waals surface area contributed by atoms with Crippen LogP contribution in [0.1, 0.15) is 25.0 Å². The van der Waals surface area contributed by atoms with Crippen molar-refractivity contribution in [3.8, 4) is 0 Å². The standard InChI is InChI=1S/C18H21FN2/c1-12(20)10-15-7-5-8-16(19)18(15)21-13(2)11-14-6-3-4-9-17(14)21/h3-9,12-13H,10-11,20H2,1-2H3. The van der Waals surface area contributed by atoms with E-state index in [4.69, 9.17) is 5.73 Å². The maximum atomic E-state index is 14.5. The summed E-state index contributed by atoms with van der Waals surface area (Å²) < 4.78 is 14.5. The quantitative estimate of drug-likeness (QED) is 0.929. The third-order valence-corrected chi connectivity index (χ3v) is 4.06. The third-order valence-electron chi connectivity index (χ3n) is 4.06. The Hall–Kier alpha value is -1.87. The maximum Gasteiger partial charge on any atom is 0.147 e. The molecule has 2 aromatic carbocycles. The second-order valence-corrected chi connectivity index (χ2v) is 5.98. The van der Waals surface area contributed by atoms with Gasteiger partial charge in [-0.25, -0.2) is 4.39 Å². The Morgan fingerprint density at radius 2 is 2.00 bits per heavy atom. The van der Waals surface area contributed by atoms with Gasteiger partial charge in [0.2, 0.25) is 0 Å². The van der Waals surface area contributed by atoms with Gasteiger partial charge in [0, 0.05) is 17.8 Å². The average Bonchev–Trinajstić information content (AvgIpc) is 2.75. The highest BCUT2D eigenvalue weighted by molar-refractivity contribution is 5.73. The fourth-order valence-corrected chi connectivity index (χ4v) is 3.25. The van der Waals surface area contributed by atoms with E-state index >= 15 is 0 Å². The highest BCUT2D eigenvalue weighted by Gasteiger charge is 2.30. The minimum absolute atomic E-state index is 0.0127. The lowest BCUT2D eigenvalue weighted by molar-refractivity contribution is 0.612. The normalized spacial score (nSPS) is 18.7. The molecule has 1 heterocycles. The van der Waals surface area contributed by atoms with E-state index in [0.717, 1.165) is 17.7 Å². The summed E-state index contributed by atoms with van der Waals surface area (Å²) in [5, 5.41) is 0. The van der Waals surface area contributed by atoms with Crippen LogP contribution in [0.3, 0.4) is 0 Å². The predicted octanol–water partition coefficient (Wildman–Crippen LogP) is 3.80. The van der Waals surface area contributed by atoms with Crippen LogP contribution in [-0.2, 0) is 12.8 Å². The summed E-state index contributed by atoms with van der Waals surface area (Å²) in [6.45, 7) is 4.10. The molecule has 110 valence electrons. The van der Waals surface area contributed by atoms with Gasteiger partial charge in [0.15, 0.2) is 0 Å². The van der Waals surface area contributed by atoms with Crippen molar-refractivity contribution in [2.75, 3.05) is 4.90 Å². The fraction of sp³-hybridized carbons (Fsp3) is 0.333. The van der Waals surface area contributed by atoms with Gasteiger partial charge in [0.05, 0.1) is 5.69 Å². The van der Waals surface area contributed by atoms with Crippen LogP contribution in [0.5, 0.6) is 0 Å². The number of hydrogen-bond donors (Lipinski definition) is 1. The zero-order valence-corrected chi connectivity index (χ0v) is 12.5. The highest BCUT2D eigenvalue weighted by atomic mass is 19.1. The Kier molecular flexibility index (Phi) is 3.68. The molecule has 2 aromatic rings. The van der Waals surface area contributed by atoms with E-state index in [1.54, 1.807) is 6.07 Å². The number of hydrogen-bond acceptors (Lipinski definition) is 2. The predicted molar refractivity (Wildman–Crippen MR) is 85.5 cm³/mol. The smallest absolute Gasteiger partial charge is 0.147 e. The maximum absolute atomic E-state index is 14.5. The fourth-order valence-electron chi connectivity index (χ4n) is 3.25. The summed E-state index contributed by atoms with van der Waals surface area (Å²) >= 11 is 0. The van der Waals surface area contributed by atoms with Crippen molar-refractivity contribution in [3.05, 3.63) is 59.4 Å². The number of fused-ring (bicyclic) bond motifs is 1. The van der Waals surface area contributed by atoms with Crippen molar-refractivity contribution in [1.82, 2.24) is 0 Å². The van der Waals surface area contributed by atoms with Gasteiger partial charge in [-0.1, -0.05) is 30.3 Å². The Bertz CT molecular complexity index is 651. The number of nitrogens with zero attached hydrogens (tertiary/aromatic N) is 1. The molecule has 2 nitrogen and oxygen atoms in total. The Labute approximate surface area is 125 Å². The second kappa shape index (κ2) is 5.49. The molecule has 0 amide bonds. The Balaban J connectivity index is 2.12. The molecular weight excluding hydrogens is 263 g/mol. The molecule has 0 fully saturated rings. The van der Waals surface area contributed by atoms with Crippen molar-refractivity contribution < 1.29 is 4.39 Å². The van der Waals surface area contributed by atoms with E-state index in [1.165, 1.54) is 11.6 Å². The lowest BCUT2D eigenvalue weighted by atomic mass is 10.0. The molecule has 0 spiro atoms. The minimum atomic E-state index is -0.170. The van der Waals surface area contributed by atoms with Gasteiger partial charge >= 0.3 is 0 Å². The number of nitrogens with two attached hydrogens (primary N) is 1. The first-order valence-corrected chi connectivity index (χ1v) is 7.48. The molecule has 2 N–H and O–H groups in total. The van der Waals surface area contributed by atoms with E-state index in [2.05, 4.69) is 24.0 Å². The lowest BCUT2D eigenvalue weighted by Gasteiger charge is -2.28. The van der Waals surface area contributed by atoms with Gasteiger partial charge in [-0.3, -0.25) is 0 Å². The average molecular weight is 284 g/mol. The summed E-state index contributed by atoms with van der Waals surface area (Å²) in [5.41, 5.74) is 9.99. The van der Waals surface area contributed by atoms with E-state index < -0.39 is 0 Å². The molecule has 3 rings (SSSR count). The molecule has 1 aliphatic rings. The Morgan fingerprint density at radius 1 is 1.24 bits per heavy atom. The van der Waals surface area contributed by atoms with Gasteiger partial charge in [0.1, 0.15) is 5.82 Å². The number of anilines is 2. The zero-order valence-electron chi connectivity index (χ0n) is 12.5. The molecule has 2 atom stereocenters. The summed E-state index contributed by atoms with van der Waals surface area (Å²) in [7, 11) is 0. The number of benzene rings is 2. The van der Waals surface area contributed by atoms with E-state index in [-0.39, 0.29) is 17.9 Å². The van der Waals surface area contributed by atoms with Gasteiger partial charge in [-0.2, -0.15) is 0 Å². The summed E-state index contributed by atoms with van der Waals surface area (Å²) in [4.78, 5) is 2.13. The first-order chi connectivity index (χ1) is 10.1. The second-order valence-electron chi connectivity index (χ2n) is 5.98. The molecule has 0 radical (unpaired) electrons. The van der Waals surface area contributed by atoms with Gasteiger partial charge in [0.25, 0.3) is 0 Å². The van der Waals surface area contributed by atoms with Gasteiger partial charge in [-0.05, 0) is 49.9 Å². The van der Waals surface area contributed by atoms with Crippen LogP contribution in [-0.4, -0.2) is 12.1 Å². The van der Waals surface area contributed by atoms with Crippen LogP contribution in [0.15, 0.2) is 42.5 Å². The van der Waals surface area contributed by atoms with Crippen LogP contribution < -0.4 is 10.6 Å². The Morgan fingerprint density at radius 3 is 2.76 bits per heavy atom. The molecule has 0 bridgehead atoms. The van der Waals surface area contributed by atoms with Crippen LogP contribution in [0, 0.1) is 5.82 Å². The van der Waals surface area contributed by atoms with Crippen molar-refractivity contribution in [1.29, 1.82) is 0 Å². The van der Waals surface area contributed by atoms with Crippen molar-refractivity contribution in [3.63, 3.8) is 0 Å². The monoisotopic (exact) mass is 284 g/mol.